The molecule has 0 aliphatic carbocycles. The van der Waals surface area contributed by atoms with E-state index in [-0.39, 0.29) is 0 Å². The van der Waals surface area contributed by atoms with Crippen molar-refractivity contribution in [1.29, 1.82) is 0 Å². The van der Waals surface area contributed by atoms with E-state index in [0.717, 1.165) is 39.9 Å². The van der Waals surface area contributed by atoms with Crippen LogP contribution in [0.2, 0.25) is 0 Å². The molecule has 2 N–H and O–H groups in total. The van der Waals surface area contributed by atoms with Gasteiger partial charge in [-0.25, -0.2) is 9.97 Å². The number of rotatable bonds is 8. The van der Waals surface area contributed by atoms with Crippen molar-refractivity contribution in [2.75, 3.05) is 12.3 Å². The molecule has 0 saturated heterocycles. The number of nitrogens with two attached hydrogens (primary N) is 1. The van der Waals surface area contributed by atoms with Crippen LogP contribution in [0.3, 0.4) is 0 Å². The molecule has 4 aromatic rings. The Balaban J connectivity index is 1.84. The Morgan fingerprint density at radius 2 is 1.77 bits per heavy atom. The number of fused-ring (bicyclic) bond motifs is 3. The third-order valence-corrected chi connectivity index (χ3v) is 5.00. The number of benzene rings is 2. The fourth-order valence-corrected chi connectivity index (χ4v) is 3.67. The number of nitrogens with zero attached hydrogens (tertiary/aromatic N) is 3. The summed E-state index contributed by atoms with van der Waals surface area (Å²) in [6.45, 7) is 8.75. The largest absolute Gasteiger partial charge is 0.487 e. The zero-order valence-electron chi connectivity index (χ0n) is 17.8. The molecule has 0 aliphatic rings. The summed E-state index contributed by atoms with van der Waals surface area (Å²) in [5, 5.41) is 0.987. The summed E-state index contributed by atoms with van der Waals surface area (Å²) >= 11 is 0. The van der Waals surface area contributed by atoms with Crippen LogP contribution in [0.4, 0.5) is 5.82 Å². The van der Waals surface area contributed by atoms with Crippen LogP contribution in [0, 0.1) is 5.92 Å². The van der Waals surface area contributed by atoms with Gasteiger partial charge in [0.05, 0.1) is 5.52 Å². The summed E-state index contributed by atoms with van der Waals surface area (Å²) in [5.41, 5.74) is 9.93. The third-order valence-electron chi connectivity index (χ3n) is 5.00. The lowest BCUT2D eigenvalue weighted by atomic mass is 10.1. The van der Waals surface area contributed by atoms with E-state index in [1.807, 2.05) is 49.4 Å². The van der Waals surface area contributed by atoms with Crippen LogP contribution in [0.25, 0.3) is 21.9 Å². The van der Waals surface area contributed by atoms with Gasteiger partial charge in [0.1, 0.15) is 35.8 Å². The van der Waals surface area contributed by atoms with Crippen LogP contribution in [0.1, 0.15) is 32.2 Å². The maximum Gasteiger partial charge on any atom is 0.152 e. The van der Waals surface area contributed by atoms with E-state index in [1.54, 1.807) is 0 Å². The second-order valence-corrected chi connectivity index (χ2v) is 7.79. The zero-order valence-corrected chi connectivity index (χ0v) is 17.8. The van der Waals surface area contributed by atoms with E-state index >= 15 is 0 Å². The standard InChI is InChI=1S/C24H28N4O2/c1-4-29-15-20-26-22-23(28(20)13-16(2)3)18-11-8-12-19(21(18)27-24(22)25)30-14-17-9-6-5-7-10-17/h5-12,16H,4,13-15H2,1-3H3,(H2,25,27). The van der Waals surface area contributed by atoms with Gasteiger partial charge in [0.25, 0.3) is 0 Å². The summed E-state index contributed by atoms with van der Waals surface area (Å²) in [5.74, 6) is 2.45. The second-order valence-electron chi connectivity index (χ2n) is 7.79. The molecule has 156 valence electrons. The van der Waals surface area contributed by atoms with Crippen molar-refractivity contribution in [3.8, 4) is 5.75 Å². The minimum absolute atomic E-state index is 0.411. The van der Waals surface area contributed by atoms with Gasteiger partial charge in [-0.05, 0) is 24.5 Å². The van der Waals surface area contributed by atoms with E-state index in [2.05, 4.69) is 29.5 Å². The molecule has 2 aromatic carbocycles. The molecule has 0 atom stereocenters. The molecule has 0 saturated carbocycles. The molecule has 6 heteroatoms. The number of hydrogen-bond acceptors (Lipinski definition) is 5. The smallest absolute Gasteiger partial charge is 0.152 e. The average Bonchev–Trinajstić information content (AvgIpc) is 3.10. The predicted octanol–water partition coefficient (Wildman–Crippen LogP) is 4.94. The van der Waals surface area contributed by atoms with Crippen LogP contribution in [0.15, 0.2) is 48.5 Å². The zero-order chi connectivity index (χ0) is 21.1. The number of para-hydroxylation sites is 1. The maximum atomic E-state index is 6.36. The van der Waals surface area contributed by atoms with Gasteiger partial charge < -0.3 is 19.8 Å². The normalized spacial score (nSPS) is 11.6. The van der Waals surface area contributed by atoms with E-state index in [4.69, 9.17) is 20.2 Å². The minimum Gasteiger partial charge on any atom is -0.487 e. The first-order valence-corrected chi connectivity index (χ1v) is 10.4. The monoisotopic (exact) mass is 404 g/mol. The minimum atomic E-state index is 0.411. The molecule has 2 aromatic heterocycles. The lowest BCUT2D eigenvalue weighted by Gasteiger charge is -2.14. The van der Waals surface area contributed by atoms with Gasteiger partial charge in [0, 0.05) is 18.5 Å². The number of imidazole rings is 1. The molecule has 0 aliphatic heterocycles. The molecule has 6 nitrogen and oxygen atoms in total. The van der Waals surface area contributed by atoms with E-state index in [0.29, 0.717) is 37.3 Å². The first kappa shape index (κ1) is 20.2. The average molecular weight is 405 g/mol. The predicted molar refractivity (Wildman–Crippen MR) is 120 cm³/mol. The maximum absolute atomic E-state index is 6.36. The van der Waals surface area contributed by atoms with E-state index in [1.165, 1.54) is 0 Å². The van der Waals surface area contributed by atoms with Gasteiger partial charge >= 0.3 is 0 Å². The molecule has 30 heavy (non-hydrogen) atoms. The molecule has 0 fully saturated rings. The Morgan fingerprint density at radius 3 is 2.50 bits per heavy atom. The van der Waals surface area contributed by atoms with Crippen molar-refractivity contribution < 1.29 is 9.47 Å². The molecule has 4 rings (SSSR count). The highest BCUT2D eigenvalue weighted by Crippen LogP contribution is 2.34. The van der Waals surface area contributed by atoms with Crippen LogP contribution in [-0.4, -0.2) is 21.1 Å². The lowest BCUT2D eigenvalue weighted by Crippen LogP contribution is -2.10. The summed E-state index contributed by atoms with van der Waals surface area (Å²) in [6.07, 6.45) is 0. The van der Waals surface area contributed by atoms with Crippen molar-refractivity contribution in [2.45, 2.75) is 40.5 Å². The summed E-state index contributed by atoms with van der Waals surface area (Å²) in [7, 11) is 0. The van der Waals surface area contributed by atoms with Gasteiger partial charge in [0.2, 0.25) is 0 Å². The quantitative estimate of drug-likeness (QED) is 0.450. The van der Waals surface area contributed by atoms with Crippen LogP contribution in [-0.2, 0) is 24.5 Å². The van der Waals surface area contributed by atoms with Crippen LogP contribution >= 0.6 is 0 Å². The Morgan fingerprint density at radius 1 is 0.967 bits per heavy atom. The molecule has 0 spiro atoms. The number of nitrogen functional groups attached to an aromatic ring is 1. The van der Waals surface area contributed by atoms with Gasteiger partial charge in [-0.3, -0.25) is 0 Å². The Hall–Kier alpha value is -3.12. The van der Waals surface area contributed by atoms with Gasteiger partial charge in [0.15, 0.2) is 5.82 Å². The fraction of sp³-hybridized carbons (Fsp3) is 0.333. The van der Waals surface area contributed by atoms with Crippen molar-refractivity contribution in [3.05, 3.63) is 59.9 Å². The van der Waals surface area contributed by atoms with Gasteiger partial charge in [-0.2, -0.15) is 0 Å². The molecule has 2 heterocycles. The van der Waals surface area contributed by atoms with E-state index in [9.17, 15) is 0 Å². The van der Waals surface area contributed by atoms with Crippen LogP contribution in [0.5, 0.6) is 5.75 Å². The van der Waals surface area contributed by atoms with Gasteiger partial charge in [-0.15, -0.1) is 0 Å². The van der Waals surface area contributed by atoms with Crippen molar-refractivity contribution >= 4 is 27.8 Å². The molecular weight excluding hydrogens is 376 g/mol. The number of anilines is 1. The number of ether oxygens (including phenoxy) is 2. The Bertz CT molecular complexity index is 1150. The van der Waals surface area contributed by atoms with E-state index < -0.39 is 0 Å². The molecular formula is C24H28N4O2. The highest BCUT2D eigenvalue weighted by molar-refractivity contribution is 6.08. The Kier molecular flexibility index (Phi) is 5.86. The number of pyridine rings is 1. The summed E-state index contributed by atoms with van der Waals surface area (Å²) < 4.78 is 14.0. The molecule has 0 bridgehead atoms. The molecule has 0 unspecified atom stereocenters. The van der Waals surface area contributed by atoms with Crippen LogP contribution < -0.4 is 10.5 Å². The summed E-state index contributed by atoms with van der Waals surface area (Å²) in [4.78, 5) is 9.45. The topological polar surface area (TPSA) is 75.2 Å². The van der Waals surface area contributed by atoms with Crippen molar-refractivity contribution in [3.63, 3.8) is 0 Å². The van der Waals surface area contributed by atoms with Crippen molar-refractivity contribution in [1.82, 2.24) is 14.5 Å². The van der Waals surface area contributed by atoms with Crippen molar-refractivity contribution in [2.24, 2.45) is 5.92 Å². The third kappa shape index (κ3) is 3.96. The molecule has 0 amide bonds. The number of hydrogen-bond donors (Lipinski definition) is 1. The number of aromatic nitrogens is 3. The fourth-order valence-electron chi connectivity index (χ4n) is 3.67. The first-order chi connectivity index (χ1) is 14.6. The second kappa shape index (κ2) is 8.71. The highest BCUT2D eigenvalue weighted by atomic mass is 16.5. The highest BCUT2D eigenvalue weighted by Gasteiger charge is 2.19. The Labute approximate surface area is 176 Å². The SMILES string of the molecule is CCOCc1nc2c(N)nc3c(OCc4ccccc4)cccc3c2n1CC(C)C. The molecule has 0 radical (unpaired) electrons. The summed E-state index contributed by atoms with van der Waals surface area (Å²) in [6, 6.07) is 16.1. The first-order valence-electron chi connectivity index (χ1n) is 10.4. The van der Waals surface area contributed by atoms with Gasteiger partial charge in [-0.1, -0.05) is 56.3 Å². The lowest BCUT2D eigenvalue weighted by molar-refractivity contribution is 0.125.